The van der Waals surface area contributed by atoms with Crippen LogP contribution in [0.15, 0.2) is 17.7 Å². The predicted octanol–water partition coefficient (Wildman–Crippen LogP) is 3.46. The third-order valence-electron chi connectivity index (χ3n) is 5.19. The van der Waals surface area contributed by atoms with Crippen LogP contribution in [0.2, 0.25) is 5.15 Å². The Balaban J connectivity index is 1.55. The third kappa shape index (κ3) is 4.52. The number of piperidine rings is 1. The Kier molecular flexibility index (Phi) is 6.22. The van der Waals surface area contributed by atoms with E-state index in [0.29, 0.717) is 42.7 Å². The highest BCUT2D eigenvalue weighted by atomic mass is 35.5. The van der Waals surface area contributed by atoms with Gasteiger partial charge in [-0.25, -0.2) is 4.98 Å². The van der Waals surface area contributed by atoms with Crippen molar-refractivity contribution in [1.82, 2.24) is 19.6 Å². The summed E-state index contributed by atoms with van der Waals surface area (Å²) in [5, 5.41) is 5.39. The lowest BCUT2D eigenvalue weighted by Crippen LogP contribution is -2.45. The van der Waals surface area contributed by atoms with Gasteiger partial charge in [-0.3, -0.25) is 14.0 Å². The van der Waals surface area contributed by atoms with Crippen molar-refractivity contribution in [1.29, 1.82) is 0 Å². The van der Waals surface area contributed by atoms with Gasteiger partial charge < -0.3 is 10.2 Å². The van der Waals surface area contributed by atoms with Crippen LogP contribution in [0.25, 0.3) is 11.0 Å². The number of aromatic nitrogens is 2. The maximum absolute atomic E-state index is 12.5. The number of rotatable bonds is 5. The SMILES string of the molecule is CC(C)C(C)NC(=O)C1CCN(C(=O)/C=C/c2c(Cl)nc3sccn23)CC1. The van der Waals surface area contributed by atoms with Gasteiger partial charge in [-0.05, 0) is 31.8 Å². The molecule has 3 rings (SSSR count). The van der Waals surface area contributed by atoms with Crippen molar-refractivity contribution in [2.45, 2.75) is 39.7 Å². The molecule has 1 N–H and O–H groups in total. The van der Waals surface area contributed by atoms with E-state index in [1.165, 1.54) is 17.4 Å². The van der Waals surface area contributed by atoms with Gasteiger partial charge >= 0.3 is 0 Å². The average molecular weight is 409 g/mol. The third-order valence-corrected chi connectivity index (χ3v) is 6.22. The number of likely N-dealkylation sites (tertiary alicyclic amines) is 1. The first-order valence-corrected chi connectivity index (χ1v) is 10.5. The predicted molar refractivity (Wildman–Crippen MR) is 109 cm³/mol. The van der Waals surface area contributed by atoms with E-state index in [0.717, 1.165) is 4.96 Å². The van der Waals surface area contributed by atoms with Gasteiger partial charge in [-0.1, -0.05) is 25.4 Å². The lowest BCUT2D eigenvalue weighted by Gasteiger charge is -2.31. The Bertz CT molecular complexity index is 849. The van der Waals surface area contributed by atoms with Gasteiger partial charge in [0.1, 0.15) is 0 Å². The van der Waals surface area contributed by atoms with Crippen LogP contribution >= 0.6 is 22.9 Å². The molecule has 6 nitrogen and oxygen atoms in total. The quantitative estimate of drug-likeness (QED) is 0.770. The molecule has 0 radical (unpaired) electrons. The van der Waals surface area contributed by atoms with E-state index in [-0.39, 0.29) is 23.8 Å². The minimum Gasteiger partial charge on any atom is -0.353 e. The molecule has 1 saturated heterocycles. The summed E-state index contributed by atoms with van der Waals surface area (Å²) in [6, 6.07) is 0.162. The Morgan fingerprint density at radius 2 is 2.04 bits per heavy atom. The van der Waals surface area contributed by atoms with Crippen molar-refractivity contribution in [2.75, 3.05) is 13.1 Å². The minimum absolute atomic E-state index is 0.0195. The van der Waals surface area contributed by atoms with Crippen LogP contribution in [-0.2, 0) is 9.59 Å². The average Bonchev–Trinajstić information content (AvgIpc) is 3.20. The number of carbonyl (C=O) groups excluding carboxylic acids is 2. The van der Waals surface area contributed by atoms with Crippen LogP contribution in [0.5, 0.6) is 0 Å². The highest BCUT2D eigenvalue weighted by Gasteiger charge is 2.27. The molecular weight excluding hydrogens is 384 g/mol. The van der Waals surface area contributed by atoms with E-state index < -0.39 is 0 Å². The molecule has 27 heavy (non-hydrogen) atoms. The fraction of sp³-hybridized carbons (Fsp3) is 0.526. The number of nitrogens with one attached hydrogen (secondary N) is 1. The maximum Gasteiger partial charge on any atom is 0.246 e. The van der Waals surface area contributed by atoms with Crippen LogP contribution in [-0.4, -0.2) is 45.2 Å². The largest absolute Gasteiger partial charge is 0.353 e. The van der Waals surface area contributed by atoms with Gasteiger partial charge in [0.05, 0.1) is 5.69 Å². The zero-order chi connectivity index (χ0) is 19.6. The lowest BCUT2D eigenvalue weighted by molar-refractivity contribution is -0.132. The molecule has 0 aliphatic carbocycles. The van der Waals surface area contributed by atoms with E-state index >= 15 is 0 Å². The van der Waals surface area contributed by atoms with Crippen LogP contribution < -0.4 is 5.32 Å². The summed E-state index contributed by atoms with van der Waals surface area (Å²) >= 11 is 7.64. The van der Waals surface area contributed by atoms with Crippen molar-refractivity contribution in [3.63, 3.8) is 0 Å². The van der Waals surface area contributed by atoms with Crippen molar-refractivity contribution >= 4 is 45.8 Å². The summed E-state index contributed by atoms with van der Waals surface area (Å²) in [5.41, 5.74) is 0.707. The van der Waals surface area contributed by atoms with Gasteiger partial charge in [0.2, 0.25) is 11.8 Å². The summed E-state index contributed by atoms with van der Waals surface area (Å²) in [4.78, 5) is 31.7. The molecule has 8 heteroatoms. The molecule has 3 heterocycles. The Hall–Kier alpha value is -1.86. The molecule has 2 aromatic heterocycles. The molecule has 1 unspecified atom stereocenters. The fourth-order valence-electron chi connectivity index (χ4n) is 3.05. The van der Waals surface area contributed by atoms with Crippen LogP contribution in [0.1, 0.15) is 39.3 Å². The first kappa shape index (κ1) is 19.9. The first-order chi connectivity index (χ1) is 12.9. The van der Waals surface area contributed by atoms with E-state index in [2.05, 4.69) is 24.1 Å². The Labute approximate surface area is 168 Å². The zero-order valence-electron chi connectivity index (χ0n) is 15.8. The van der Waals surface area contributed by atoms with Crippen molar-refractivity contribution in [2.24, 2.45) is 11.8 Å². The summed E-state index contributed by atoms with van der Waals surface area (Å²) in [7, 11) is 0. The standard InChI is InChI=1S/C19H25ClN4O2S/c1-12(2)13(3)21-18(26)14-6-8-23(9-7-14)16(25)5-4-15-17(20)22-19-24(15)10-11-27-19/h4-5,10-14H,6-9H2,1-3H3,(H,21,26)/b5-4+. The van der Waals surface area contributed by atoms with E-state index in [9.17, 15) is 9.59 Å². The lowest BCUT2D eigenvalue weighted by atomic mass is 9.94. The second-order valence-corrected chi connectivity index (χ2v) is 8.55. The maximum atomic E-state index is 12.5. The highest BCUT2D eigenvalue weighted by Crippen LogP contribution is 2.23. The number of hydrogen-bond donors (Lipinski definition) is 1. The molecule has 0 spiro atoms. The molecule has 2 aromatic rings. The number of halogens is 1. The number of amides is 2. The second kappa shape index (κ2) is 8.44. The molecule has 1 atom stereocenters. The van der Waals surface area contributed by atoms with Gasteiger partial charge in [-0.15, -0.1) is 11.3 Å². The van der Waals surface area contributed by atoms with Gasteiger partial charge in [-0.2, -0.15) is 0 Å². The summed E-state index contributed by atoms with van der Waals surface area (Å²) in [6.07, 6.45) is 6.51. The fourth-order valence-corrected chi connectivity index (χ4v) is 4.06. The molecule has 1 fully saturated rings. The van der Waals surface area contributed by atoms with Gasteiger partial charge in [0, 0.05) is 42.7 Å². The monoisotopic (exact) mass is 408 g/mol. The number of nitrogens with zero attached hydrogens (tertiary/aromatic N) is 3. The minimum atomic E-state index is -0.0642. The van der Waals surface area contributed by atoms with E-state index in [1.54, 1.807) is 11.0 Å². The number of thiazole rings is 1. The van der Waals surface area contributed by atoms with Crippen molar-refractivity contribution < 1.29 is 9.59 Å². The van der Waals surface area contributed by atoms with Gasteiger partial charge in [0.15, 0.2) is 10.1 Å². The summed E-state index contributed by atoms with van der Waals surface area (Å²) < 4.78 is 1.86. The van der Waals surface area contributed by atoms with Crippen LogP contribution in [0.4, 0.5) is 0 Å². The summed E-state index contributed by atoms with van der Waals surface area (Å²) in [6.45, 7) is 7.39. The Morgan fingerprint density at radius 1 is 1.33 bits per heavy atom. The number of hydrogen-bond acceptors (Lipinski definition) is 4. The van der Waals surface area contributed by atoms with Crippen LogP contribution in [0.3, 0.4) is 0 Å². The van der Waals surface area contributed by atoms with E-state index in [1.807, 2.05) is 22.9 Å². The molecule has 0 saturated carbocycles. The van der Waals surface area contributed by atoms with Crippen molar-refractivity contribution in [3.8, 4) is 0 Å². The van der Waals surface area contributed by atoms with Gasteiger partial charge in [0.25, 0.3) is 0 Å². The number of imidazole rings is 1. The number of fused-ring (bicyclic) bond motifs is 1. The molecular formula is C19H25ClN4O2S. The highest BCUT2D eigenvalue weighted by molar-refractivity contribution is 7.15. The number of carbonyl (C=O) groups is 2. The van der Waals surface area contributed by atoms with Crippen LogP contribution in [0, 0.1) is 11.8 Å². The summed E-state index contributed by atoms with van der Waals surface area (Å²) in [5.74, 6) is 0.426. The zero-order valence-corrected chi connectivity index (χ0v) is 17.4. The molecule has 1 aliphatic rings. The second-order valence-electron chi connectivity index (χ2n) is 7.32. The normalized spacial score (nSPS) is 17.1. The topological polar surface area (TPSA) is 66.7 Å². The molecule has 146 valence electrons. The Morgan fingerprint density at radius 3 is 2.70 bits per heavy atom. The molecule has 0 bridgehead atoms. The molecule has 0 aromatic carbocycles. The van der Waals surface area contributed by atoms with Crippen molar-refractivity contribution in [3.05, 3.63) is 28.5 Å². The molecule has 2 amide bonds. The molecule has 1 aliphatic heterocycles. The van der Waals surface area contributed by atoms with E-state index in [4.69, 9.17) is 11.6 Å². The first-order valence-electron chi connectivity index (χ1n) is 9.25. The smallest absolute Gasteiger partial charge is 0.246 e.